The number of hydrogen-bond acceptors (Lipinski definition) is 4. The molecule has 1 fully saturated rings. The number of nitrogens with one attached hydrogen (secondary N) is 2. The fourth-order valence-electron chi connectivity index (χ4n) is 2.29. The Bertz CT molecular complexity index is 632. The largest absolute Gasteiger partial charge is 0.347 e. The van der Waals surface area contributed by atoms with Crippen molar-refractivity contribution in [2.24, 2.45) is 0 Å². The van der Waals surface area contributed by atoms with Crippen LogP contribution < -0.4 is 10.6 Å². The first-order valence-corrected chi connectivity index (χ1v) is 9.48. The molecule has 0 aromatic heterocycles. The van der Waals surface area contributed by atoms with E-state index in [9.17, 15) is 13.2 Å². The summed E-state index contributed by atoms with van der Waals surface area (Å²) in [6.45, 7) is 0.487. The van der Waals surface area contributed by atoms with Gasteiger partial charge in [0.15, 0.2) is 9.84 Å². The van der Waals surface area contributed by atoms with Gasteiger partial charge in [-0.15, -0.1) is 0 Å². The monoisotopic (exact) mass is 384 g/mol. The summed E-state index contributed by atoms with van der Waals surface area (Å²) >= 11 is 16.5. The Balaban J connectivity index is 2.02. The van der Waals surface area contributed by atoms with Crippen LogP contribution in [-0.4, -0.2) is 41.7 Å². The summed E-state index contributed by atoms with van der Waals surface area (Å²) in [6.07, 6.45) is 0. The van der Waals surface area contributed by atoms with Gasteiger partial charge < -0.3 is 10.6 Å². The minimum Gasteiger partial charge on any atom is -0.347 e. The molecule has 2 atom stereocenters. The summed E-state index contributed by atoms with van der Waals surface area (Å²) in [4.78, 5) is 11.7. The van der Waals surface area contributed by atoms with Crippen molar-refractivity contribution < 1.29 is 13.2 Å². The zero-order valence-electron chi connectivity index (χ0n) is 11.4. The molecule has 0 radical (unpaired) electrons. The van der Waals surface area contributed by atoms with Crippen LogP contribution in [0.5, 0.6) is 0 Å². The van der Waals surface area contributed by atoms with Crippen molar-refractivity contribution in [3.8, 4) is 0 Å². The molecule has 0 spiro atoms. The highest BCUT2D eigenvalue weighted by atomic mass is 35.6. The molecule has 1 aromatic rings. The fourth-order valence-corrected chi connectivity index (χ4v) is 4.35. The van der Waals surface area contributed by atoms with Crippen molar-refractivity contribution in [1.82, 2.24) is 10.6 Å². The predicted molar refractivity (Wildman–Crippen MR) is 87.9 cm³/mol. The molecule has 2 N–H and O–H groups in total. The van der Waals surface area contributed by atoms with Crippen LogP contribution in [0.4, 0.5) is 0 Å². The molecule has 122 valence electrons. The molecule has 0 aliphatic carbocycles. The Morgan fingerprint density at radius 3 is 2.32 bits per heavy atom. The van der Waals surface area contributed by atoms with E-state index in [-0.39, 0.29) is 11.5 Å². The van der Waals surface area contributed by atoms with Gasteiger partial charge in [0, 0.05) is 12.6 Å². The molecular formula is C13H15Cl3N2O3S. The smallest absolute Gasteiger partial charge is 0.272 e. The molecule has 1 heterocycles. The lowest BCUT2D eigenvalue weighted by molar-refractivity contribution is -0.120. The van der Waals surface area contributed by atoms with E-state index < -0.39 is 31.6 Å². The predicted octanol–water partition coefficient (Wildman–Crippen LogP) is 1.43. The number of halogens is 3. The minimum absolute atomic E-state index is 0.0648. The van der Waals surface area contributed by atoms with Crippen molar-refractivity contribution >= 4 is 50.5 Å². The fraction of sp³-hybridized carbons (Fsp3) is 0.462. The van der Waals surface area contributed by atoms with E-state index in [1.165, 1.54) is 0 Å². The van der Waals surface area contributed by atoms with Crippen LogP contribution in [0.3, 0.4) is 0 Å². The molecule has 1 aromatic carbocycles. The number of amides is 1. The van der Waals surface area contributed by atoms with Crippen molar-refractivity contribution in [3.05, 3.63) is 35.9 Å². The molecule has 2 rings (SSSR count). The van der Waals surface area contributed by atoms with Crippen LogP contribution in [0.1, 0.15) is 5.56 Å². The average molecular weight is 386 g/mol. The van der Waals surface area contributed by atoms with E-state index in [1.54, 1.807) is 0 Å². The summed E-state index contributed by atoms with van der Waals surface area (Å²) in [6, 6.07) is 8.47. The topological polar surface area (TPSA) is 75.3 Å². The molecule has 9 heteroatoms. The molecule has 22 heavy (non-hydrogen) atoms. The third-order valence-corrected chi connectivity index (χ3v) is 5.59. The lowest BCUT2D eigenvalue weighted by Crippen LogP contribution is -2.51. The Labute approximate surface area is 144 Å². The number of carbonyl (C=O) groups excluding carboxylic acids is 1. The lowest BCUT2D eigenvalue weighted by Gasteiger charge is -2.22. The summed E-state index contributed by atoms with van der Waals surface area (Å²) in [7, 11) is -3.25. The highest BCUT2D eigenvalue weighted by molar-refractivity contribution is 7.91. The number of benzene rings is 1. The maximum atomic E-state index is 11.8. The minimum atomic E-state index is -3.25. The molecule has 1 amide bonds. The highest BCUT2D eigenvalue weighted by Gasteiger charge is 2.41. The average Bonchev–Trinajstić information content (AvgIpc) is 2.71. The van der Waals surface area contributed by atoms with Crippen molar-refractivity contribution in [1.29, 1.82) is 0 Å². The van der Waals surface area contributed by atoms with Crippen LogP contribution in [-0.2, 0) is 21.2 Å². The van der Waals surface area contributed by atoms with Gasteiger partial charge in [0.05, 0.1) is 17.5 Å². The third kappa shape index (κ3) is 4.99. The van der Waals surface area contributed by atoms with E-state index in [2.05, 4.69) is 10.6 Å². The summed E-state index contributed by atoms with van der Waals surface area (Å²) in [5, 5.41) is 5.62. The summed E-state index contributed by atoms with van der Waals surface area (Å²) in [5.41, 5.74) is 1.01. The first-order valence-electron chi connectivity index (χ1n) is 6.53. The summed E-state index contributed by atoms with van der Waals surface area (Å²) in [5.74, 6) is -1.07. The van der Waals surface area contributed by atoms with E-state index in [0.717, 1.165) is 5.56 Å². The zero-order valence-corrected chi connectivity index (χ0v) is 14.5. The highest BCUT2D eigenvalue weighted by Crippen LogP contribution is 2.27. The third-order valence-electron chi connectivity index (χ3n) is 3.34. The normalized spacial score (nSPS) is 24.1. The number of carbonyl (C=O) groups is 1. The number of alkyl halides is 3. The molecule has 0 saturated carbocycles. The summed E-state index contributed by atoms with van der Waals surface area (Å²) < 4.78 is 21.5. The SMILES string of the molecule is O=C(N[C@@H]1CS(=O)(=O)C[C@H]1NCc1ccccc1)C(Cl)(Cl)Cl. The zero-order chi connectivity index (χ0) is 16.4. The van der Waals surface area contributed by atoms with Crippen LogP contribution in [0.25, 0.3) is 0 Å². The molecule has 0 unspecified atom stereocenters. The Morgan fingerprint density at radius 1 is 1.14 bits per heavy atom. The second kappa shape index (κ2) is 6.93. The van der Waals surface area contributed by atoms with Gasteiger partial charge in [-0.3, -0.25) is 4.79 Å². The van der Waals surface area contributed by atoms with Crippen molar-refractivity contribution in [2.45, 2.75) is 22.4 Å². The Hall–Kier alpha value is -0.530. The molecule has 5 nitrogen and oxygen atoms in total. The van der Waals surface area contributed by atoms with Gasteiger partial charge in [-0.1, -0.05) is 65.1 Å². The number of sulfone groups is 1. The first-order chi connectivity index (χ1) is 10.2. The lowest BCUT2D eigenvalue weighted by atomic mass is 10.1. The Kier molecular flexibility index (Phi) is 5.61. The van der Waals surface area contributed by atoms with E-state index in [4.69, 9.17) is 34.8 Å². The van der Waals surface area contributed by atoms with Gasteiger partial charge in [0.25, 0.3) is 9.70 Å². The van der Waals surface area contributed by atoms with Crippen molar-refractivity contribution in [2.75, 3.05) is 11.5 Å². The number of rotatable bonds is 4. The molecule has 1 aliphatic rings. The van der Waals surface area contributed by atoms with Gasteiger partial charge in [-0.05, 0) is 5.56 Å². The molecule has 1 saturated heterocycles. The van der Waals surface area contributed by atoms with E-state index in [1.807, 2.05) is 30.3 Å². The van der Waals surface area contributed by atoms with Gasteiger partial charge in [-0.2, -0.15) is 0 Å². The second-order valence-corrected chi connectivity index (χ2v) is 9.56. The quantitative estimate of drug-likeness (QED) is 0.769. The first kappa shape index (κ1) is 17.8. The molecule has 1 aliphatic heterocycles. The maximum Gasteiger partial charge on any atom is 0.272 e. The van der Waals surface area contributed by atoms with Gasteiger partial charge in [0.2, 0.25) is 0 Å². The van der Waals surface area contributed by atoms with Crippen LogP contribution in [0, 0.1) is 0 Å². The second-order valence-electron chi connectivity index (χ2n) is 5.13. The van der Waals surface area contributed by atoms with Crippen LogP contribution in [0.15, 0.2) is 30.3 Å². The van der Waals surface area contributed by atoms with E-state index in [0.29, 0.717) is 6.54 Å². The molecular weight excluding hydrogens is 371 g/mol. The van der Waals surface area contributed by atoms with E-state index >= 15 is 0 Å². The van der Waals surface area contributed by atoms with Gasteiger partial charge in [0.1, 0.15) is 0 Å². The van der Waals surface area contributed by atoms with Crippen LogP contribution >= 0.6 is 34.8 Å². The van der Waals surface area contributed by atoms with Crippen LogP contribution in [0.2, 0.25) is 0 Å². The molecule has 0 bridgehead atoms. The van der Waals surface area contributed by atoms with Crippen molar-refractivity contribution in [3.63, 3.8) is 0 Å². The standard InChI is InChI=1S/C13H15Cl3N2O3S/c14-13(15,16)12(19)18-11-8-22(20,21)7-10(11)17-6-9-4-2-1-3-5-9/h1-5,10-11,17H,6-8H2,(H,18,19)/t10-,11-/m1/s1. The van der Waals surface area contributed by atoms with Gasteiger partial charge >= 0.3 is 0 Å². The maximum absolute atomic E-state index is 11.8. The van der Waals surface area contributed by atoms with Gasteiger partial charge in [-0.25, -0.2) is 8.42 Å². The number of hydrogen-bond donors (Lipinski definition) is 2. The Morgan fingerprint density at radius 2 is 1.73 bits per heavy atom.